The van der Waals surface area contributed by atoms with Crippen molar-refractivity contribution < 1.29 is 9.53 Å². The van der Waals surface area contributed by atoms with E-state index in [4.69, 9.17) is 4.74 Å². The molecule has 0 atom stereocenters. The zero-order valence-electron chi connectivity index (χ0n) is 12.0. The first-order chi connectivity index (χ1) is 9.11. The molecule has 0 aliphatic carbocycles. The normalized spacial score (nSPS) is 10.5. The van der Waals surface area contributed by atoms with Crippen LogP contribution >= 0.6 is 0 Å². The molecular weight excluding hydrogens is 240 g/mol. The van der Waals surface area contributed by atoms with Crippen molar-refractivity contribution in [3.05, 3.63) is 29.8 Å². The van der Waals surface area contributed by atoms with Gasteiger partial charge in [-0.05, 0) is 24.6 Å². The van der Waals surface area contributed by atoms with E-state index in [0.29, 0.717) is 32.2 Å². The fourth-order valence-electron chi connectivity index (χ4n) is 1.68. The van der Waals surface area contributed by atoms with Gasteiger partial charge in [-0.3, -0.25) is 4.79 Å². The zero-order chi connectivity index (χ0) is 14.1. The molecule has 0 radical (unpaired) electrons. The highest BCUT2D eigenvalue weighted by atomic mass is 16.5. The second-order valence-corrected chi connectivity index (χ2v) is 4.72. The summed E-state index contributed by atoms with van der Waals surface area (Å²) in [6.45, 7) is 7.99. The maximum atomic E-state index is 11.6. The maximum Gasteiger partial charge on any atom is 0.221 e. The highest BCUT2D eigenvalue weighted by Gasteiger charge is 2.02. The van der Waals surface area contributed by atoms with E-state index in [2.05, 4.69) is 24.5 Å². The predicted octanol–water partition coefficient (Wildman–Crippen LogP) is 2.09. The SMILES string of the molecule is CCOc1cccc(CNC(=O)CCNC(C)C)c1. The van der Waals surface area contributed by atoms with Gasteiger partial charge in [-0.2, -0.15) is 0 Å². The average molecular weight is 264 g/mol. The topological polar surface area (TPSA) is 50.4 Å². The van der Waals surface area contributed by atoms with E-state index in [0.717, 1.165) is 11.3 Å². The molecule has 0 bridgehead atoms. The lowest BCUT2D eigenvalue weighted by Crippen LogP contribution is -2.30. The molecule has 106 valence electrons. The molecular formula is C15H24N2O2. The summed E-state index contributed by atoms with van der Waals surface area (Å²) >= 11 is 0. The number of amides is 1. The Balaban J connectivity index is 2.31. The molecule has 1 aromatic carbocycles. The van der Waals surface area contributed by atoms with Crippen LogP contribution in [0.3, 0.4) is 0 Å². The summed E-state index contributed by atoms with van der Waals surface area (Å²) in [5, 5.41) is 6.13. The molecule has 2 N–H and O–H groups in total. The van der Waals surface area contributed by atoms with Crippen LogP contribution in [0.2, 0.25) is 0 Å². The summed E-state index contributed by atoms with van der Waals surface area (Å²) in [6, 6.07) is 8.20. The van der Waals surface area contributed by atoms with Crippen LogP contribution in [-0.4, -0.2) is 25.1 Å². The third kappa shape index (κ3) is 6.82. The summed E-state index contributed by atoms with van der Waals surface area (Å²) in [6.07, 6.45) is 0.503. The van der Waals surface area contributed by atoms with Crippen molar-refractivity contribution in [1.82, 2.24) is 10.6 Å². The molecule has 1 rings (SSSR count). The summed E-state index contributed by atoms with van der Waals surface area (Å²) in [4.78, 5) is 11.6. The van der Waals surface area contributed by atoms with Crippen LogP contribution in [0.5, 0.6) is 5.75 Å². The quantitative estimate of drug-likeness (QED) is 0.756. The van der Waals surface area contributed by atoms with Gasteiger partial charge in [-0.15, -0.1) is 0 Å². The van der Waals surface area contributed by atoms with Gasteiger partial charge in [0.05, 0.1) is 6.61 Å². The molecule has 0 heterocycles. The third-order valence-electron chi connectivity index (χ3n) is 2.60. The van der Waals surface area contributed by atoms with Gasteiger partial charge in [0.2, 0.25) is 5.91 Å². The standard InChI is InChI=1S/C15H24N2O2/c1-4-19-14-7-5-6-13(10-14)11-17-15(18)8-9-16-12(2)3/h5-7,10,12,16H,4,8-9,11H2,1-3H3,(H,17,18). The Morgan fingerprint density at radius 3 is 2.84 bits per heavy atom. The molecule has 0 saturated carbocycles. The van der Waals surface area contributed by atoms with E-state index >= 15 is 0 Å². The number of hydrogen-bond donors (Lipinski definition) is 2. The number of carbonyl (C=O) groups is 1. The van der Waals surface area contributed by atoms with Gasteiger partial charge < -0.3 is 15.4 Å². The molecule has 0 saturated heterocycles. The molecule has 0 fully saturated rings. The Bertz CT molecular complexity index is 391. The lowest BCUT2D eigenvalue weighted by atomic mass is 10.2. The smallest absolute Gasteiger partial charge is 0.221 e. The van der Waals surface area contributed by atoms with E-state index in [9.17, 15) is 4.79 Å². The van der Waals surface area contributed by atoms with Crippen LogP contribution in [0.1, 0.15) is 32.8 Å². The minimum Gasteiger partial charge on any atom is -0.494 e. The Morgan fingerprint density at radius 2 is 2.16 bits per heavy atom. The van der Waals surface area contributed by atoms with Gasteiger partial charge >= 0.3 is 0 Å². The molecule has 0 aliphatic heterocycles. The average Bonchev–Trinajstić information content (AvgIpc) is 2.37. The summed E-state index contributed by atoms with van der Waals surface area (Å²) in [5.74, 6) is 0.908. The van der Waals surface area contributed by atoms with Crippen molar-refractivity contribution >= 4 is 5.91 Å². The molecule has 4 nitrogen and oxygen atoms in total. The Kier molecular flexibility index (Phi) is 6.97. The fraction of sp³-hybridized carbons (Fsp3) is 0.533. The second-order valence-electron chi connectivity index (χ2n) is 4.72. The molecule has 0 aliphatic rings. The number of benzene rings is 1. The highest BCUT2D eigenvalue weighted by molar-refractivity contribution is 5.76. The Hall–Kier alpha value is -1.55. The number of nitrogens with one attached hydrogen (secondary N) is 2. The molecule has 1 aromatic rings. The Labute approximate surface area is 115 Å². The van der Waals surface area contributed by atoms with Crippen LogP contribution in [-0.2, 0) is 11.3 Å². The van der Waals surface area contributed by atoms with Crippen LogP contribution in [0, 0.1) is 0 Å². The van der Waals surface area contributed by atoms with Gasteiger partial charge in [-0.1, -0.05) is 26.0 Å². The molecule has 0 spiro atoms. The number of ether oxygens (including phenoxy) is 1. The fourth-order valence-corrected chi connectivity index (χ4v) is 1.68. The third-order valence-corrected chi connectivity index (χ3v) is 2.60. The summed E-state index contributed by atoms with van der Waals surface area (Å²) in [5.41, 5.74) is 1.05. The van der Waals surface area contributed by atoms with Gasteiger partial charge in [0.15, 0.2) is 0 Å². The number of carbonyl (C=O) groups excluding carboxylic acids is 1. The lowest BCUT2D eigenvalue weighted by molar-refractivity contribution is -0.121. The number of hydrogen-bond acceptors (Lipinski definition) is 3. The summed E-state index contributed by atoms with van der Waals surface area (Å²) in [7, 11) is 0. The van der Waals surface area contributed by atoms with Crippen molar-refractivity contribution in [3.63, 3.8) is 0 Å². The van der Waals surface area contributed by atoms with E-state index in [1.165, 1.54) is 0 Å². The monoisotopic (exact) mass is 264 g/mol. The highest BCUT2D eigenvalue weighted by Crippen LogP contribution is 2.12. The van der Waals surface area contributed by atoms with Gasteiger partial charge in [0.1, 0.15) is 5.75 Å². The number of rotatable bonds is 8. The van der Waals surface area contributed by atoms with E-state index in [1.807, 2.05) is 31.2 Å². The predicted molar refractivity (Wildman–Crippen MR) is 77.2 cm³/mol. The van der Waals surface area contributed by atoms with Crippen LogP contribution < -0.4 is 15.4 Å². The van der Waals surface area contributed by atoms with Crippen molar-refractivity contribution in [1.29, 1.82) is 0 Å². The van der Waals surface area contributed by atoms with E-state index in [1.54, 1.807) is 0 Å². The van der Waals surface area contributed by atoms with E-state index < -0.39 is 0 Å². The maximum absolute atomic E-state index is 11.6. The first-order valence-corrected chi connectivity index (χ1v) is 6.83. The molecule has 0 unspecified atom stereocenters. The van der Waals surface area contributed by atoms with Gasteiger partial charge in [0, 0.05) is 25.6 Å². The van der Waals surface area contributed by atoms with Crippen molar-refractivity contribution in [2.75, 3.05) is 13.2 Å². The largest absolute Gasteiger partial charge is 0.494 e. The lowest BCUT2D eigenvalue weighted by Gasteiger charge is -2.09. The van der Waals surface area contributed by atoms with Gasteiger partial charge in [0.25, 0.3) is 0 Å². The zero-order valence-corrected chi connectivity index (χ0v) is 12.0. The second kappa shape index (κ2) is 8.53. The molecule has 19 heavy (non-hydrogen) atoms. The first-order valence-electron chi connectivity index (χ1n) is 6.83. The van der Waals surface area contributed by atoms with Crippen LogP contribution in [0.4, 0.5) is 0 Å². The van der Waals surface area contributed by atoms with Crippen molar-refractivity contribution in [2.24, 2.45) is 0 Å². The van der Waals surface area contributed by atoms with Crippen LogP contribution in [0.15, 0.2) is 24.3 Å². The molecule has 4 heteroatoms. The van der Waals surface area contributed by atoms with Crippen molar-refractivity contribution in [3.8, 4) is 5.75 Å². The van der Waals surface area contributed by atoms with Gasteiger partial charge in [-0.25, -0.2) is 0 Å². The molecule has 1 amide bonds. The Morgan fingerprint density at radius 1 is 1.37 bits per heavy atom. The van der Waals surface area contributed by atoms with Crippen LogP contribution in [0.25, 0.3) is 0 Å². The minimum atomic E-state index is 0.0648. The first kappa shape index (κ1) is 15.5. The molecule has 0 aromatic heterocycles. The minimum absolute atomic E-state index is 0.0648. The van der Waals surface area contributed by atoms with Crippen molar-refractivity contribution in [2.45, 2.75) is 39.8 Å². The summed E-state index contributed by atoms with van der Waals surface area (Å²) < 4.78 is 5.42. The van der Waals surface area contributed by atoms with E-state index in [-0.39, 0.29) is 5.91 Å².